The predicted molar refractivity (Wildman–Crippen MR) is 56.1 cm³/mol. The Labute approximate surface area is 90.8 Å². The zero-order valence-corrected chi connectivity index (χ0v) is 9.40. The van der Waals surface area contributed by atoms with E-state index in [-0.39, 0.29) is 12.0 Å². The van der Waals surface area contributed by atoms with Gasteiger partial charge < -0.3 is 4.74 Å². The van der Waals surface area contributed by atoms with E-state index in [1.54, 1.807) is 0 Å². The lowest BCUT2D eigenvalue weighted by molar-refractivity contribution is -0.141. The standard InChI is InChI=1S/C11H18N2O2/c1-9(8-11(14)15-2)13(7-3-6-12)10-4-5-10/h9-10H,3-5,7-8H2,1-2H3. The quantitative estimate of drug-likeness (QED) is 0.620. The van der Waals surface area contributed by atoms with Crippen LogP contribution in [0.5, 0.6) is 0 Å². The summed E-state index contributed by atoms with van der Waals surface area (Å²) in [5.74, 6) is -0.176. The number of hydrogen-bond acceptors (Lipinski definition) is 4. The molecule has 0 aliphatic heterocycles. The molecule has 1 rings (SSSR count). The maximum Gasteiger partial charge on any atom is 0.307 e. The molecule has 1 aliphatic carbocycles. The molecule has 0 radical (unpaired) electrons. The maximum absolute atomic E-state index is 11.1. The van der Waals surface area contributed by atoms with Gasteiger partial charge >= 0.3 is 5.97 Å². The van der Waals surface area contributed by atoms with Crippen LogP contribution in [0.4, 0.5) is 0 Å². The van der Waals surface area contributed by atoms with Crippen LogP contribution in [0.3, 0.4) is 0 Å². The molecule has 0 amide bonds. The fraction of sp³-hybridized carbons (Fsp3) is 0.818. The van der Waals surface area contributed by atoms with Gasteiger partial charge in [-0.1, -0.05) is 0 Å². The van der Waals surface area contributed by atoms with E-state index in [0.717, 1.165) is 6.54 Å². The van der Waals surface area contributed by atoms with Gasteiger partial charge in [0.25, 0.3) is 0 Å². The highest BCUT2D eigenvalue weighted by atomic mass is 16.5. The normalized spacial score (nSPS) is 17.2. The summed E-state index contributed by atoms with van der Waals surface area (Å²) in [7, 11) is 1.41. The predicted octanol–water partition coefficient (Wildman–Crippen LogP) is 1.32. The number of methoxy groups -OCH3 is 1. The molecule has 4 heteroatoms. The fourth-order valence-electron chi connectivity index (χ4n) is 1.79. The number of carbonyl (C=O) groups excluding carboxylic acids is 1. The molecule has 0 spiro atoms. The largest absolute Gasteiger partial charge is 0.469 e. The van der Waals surface area contributed by atoms with Crippen molar-refractivity contribution < 1.29 is 9.53 Å². The molecule has 15 heavy (non-hydrogen) atoms. The average Bonchev–Trinajstić information content (AvgIpc) is 3.02. The van der Waals surface area contributed by atoms with Crippen LogP contribution < -0.4 is 0 Å². The minimum Gasteiger partial charge on any atom is -0.469 e. The van der Waals surface area contributed by atoms with E-state index in [2.05, 4.69) is 15.7 Å². The van der Waals surface area contributed by atoms with Crippen LogP contribution in [0.1, 0.15) is 32.6 Å². The number of ether oxygens (including phenoxy) is 1. The van der Waals surface area contributed by atoms with Gasteiger partial charge in [0.2, 0.25) is 0 Å². The van der Waals surface area contributed by atoms with Crippen LogP contribution in [0.25, 0.3) is 0 Å². The summed E-state index contributed by atoms with van der Waals surface area (Å²) in [6.07, 6.45) is 3.33. The first kappa shape index (κ1) is 12.0. The Hall–Kier alpha value is -1.08. The Morgan fingerprint density at radius 1 is 1.67 bits per heavy atom. The Balaban J connectivity index is 2.40. The molecule has 0 aromatic heterocycles. The third-order valence-electron chi connectivity index (χ3n) is 2.75. The first-order chi connectivity index (χ1) is 7.19. The van der Waals surface area contributed by atoms with E-state index in [0.29, 0.717) is 18.9 Å². The molecule has 1 atom stereocenters. The van der Waals surface area contributed by atoms with Crippen LogP contribution in [-0.4, -0.2) is 36.6 Å². The SMILES string of the molecule is COC(=O)CC(C)N(CCC#N)C1CC1. The van der Waals surface area contributed by atoms with Gasteiger partial charge in [-0.2, -0.15) is 5.26 Å². The molecule has 1 saturated carbocycles. The molecule has 0 heterocycles. The lowest BCUT2D eigenvalue weighted by Crippen LogP contribution is -2.37. The van der Waals surface area contributed by atoms with E-state index in [9.17, 15) is 4.79 Å². The molecule has 0 bridgehead atoms. The molecular formula is C11H18N2O2. The van der Waals surface area contributed by atoms with Crippen molar-refractivity contribution in [1.82, 2.24) is 4.90 Å². The Morgan fingerprint density at radius 3 is 2.80 bits per heavy atom. The number of nitriles is 1. The molecule has 1 unspecified atom stereocenters. The summed E-state index contributed by atoms with van der Waals surface area (Å²) in [5.41, 5.74) is 0. The number of hydrogen-bond donors (Lipinski definition) is 0. The second-order valence-electron chi connectivity index (χ2n) is 4.01. The van der Waals surface area contributed by atoms with Gasteiger partial charge in [0.1, 0.15) is 0 Å². The monoisotopic (exact) mass is 210 g/mol. The maximum atomic E-state index is 11.1. The van der Waals surface area contributed by atoms with E-state index >= 15 is 0 Å². The highest BCUT2D eigenvalue weighted by Crippen LogP contribution is 2.29. The molecule has 1 fully saturated rings. The lowest BCUT2D eigenvalue weighted by Gasteiger charge is -2.27. The summed E-state index contributed by atoms with van der Waals surface area (Å²) >= 11 is 0. The zero-order chi connectivity index (χ0) is 11.3. The van der Waals surface area contributed by atoms with Crippen LogP contribution in [0.15, 0.2) is 0 Å². The third kappa shape index (κ3) is 3.88. The summed E-state index contributed by atoms with van der Waals surface area (Å²) in [5, 5.41) is 8.56. The number of rotatable bonds is 6. The minimum atomic E-state index is -0.176. The van der Waals surface area contributed by atoms with E-state index in [4.69, 9.17) is 5.26 Å². The van der Waals surface area contributed by atoms with Crippen LogP contribution in [-0.2, 0) is 9.53 Å². The molecule has 0 N–H and O–H groups in total. The zero-order valence-electron chi connectivity index (χ0n) is 9.40. The lowest BCUT2D eigenvalue weighted by atomic mass is 10.2. The van der Waals surface area contributed by atoms with Crippen molar-refractivity contribution in [2.75, 3.05) is 13.7 Å². The first-order valence-electron chi connectivity index (χ1n) is 5.38. The van der Waals surface area contributed by atoms with Gasteiger partial charge in [-0.25, -0.2) is 0 Å². The van der Waals surface area contributed by atoms with E-state index in [1.807, 2.05) is 6.92 Å². The molecule has 0 saturated heterocycles. The van der Waals surface area contributed by atoms with Crippen molar-refractivity contribution in [2.45, 2.75) is 44.7 Å². The van der Waals surface area contributed by atoms with Crippen LogP contribution in [0, 0.1) is 11.3 Å². The molecule has 0 aromatic carbocycles. The van der Waals surface area contributed by atoms with Crippen molar-refractivity contribution in [2.24, 2.45) is 0 Å². The summed E-state index contributed by atoms with van der Waals surface area (Å²) in [4.78, 5) is 13.4. The Morgan fingerprint density at radius 2 is 2.33 bits per heavy atom. The smallest absolute Gasteiger partial charge is 0.307 e. The van der Waals surface area contributed by atoms with Crippen LogP contribution in [0.2, 0.25) is 0 Å². The van der Waals surface area contributed by atoms with E-state index in [1.165, 1.54) is 20.0 Å². The number of carbonyl (C=O) groups is 1. The van der Waals surface area contributed by atoms with Crippen molar-refractivity contribution in [3.63, 3.8) is 0 Å². The second-order valence-corrected chi connectivity index (χ2v) is 4.01. The van der Waals surface area contributed by atoms with Crippen molar-refractivity contribution >= 4 is 5.97 Å². The van der Waals surface area contributed by atoms with Gasteiger partial charge in [0.15, 0.2) is 0 Å². The molecule has 84 valence electrons. The molecule has 0 aromatic rings. The highest BCUT2D eigenvalue weighted by molar-refractivity contribution is 5.69. The minimum absolute atomic E-state index is 0.176. The summed E-state index contributed by atoms with van der Waals surface area (Å²) in [6, 6.07) is 2.91. The third-order valence-corrected chi connectivity index (χ3v) is 2.75. The average molecular weight is 210 g/mol. The van der Waals surface area contributed by atoms with Crippen LogP contribution >= 0.6 is 0 Å². The molecular weight excluding hydrogens is 192 g/mol. The highest BCUT2D eigenvalue weighted by Gasteiger charge is 2.32. The first-order valence-corrected chi connectivity index (χ1v) is 5.38. The Kier molecular flexibility index (Phi) is 4.57. The van der Waals surface area contributed by atoms with E-state index < -0.39 is 0 Å². The van der Waals surface area contributed by atoms with Gasteiger partial charge in [0.05, 0.1) is 19.6 Å². The topological polar surface area (TPSA) is 53.3 Å². The Bertz CT molecular complexity index is 256. The van der Waals surface area contributed by atoms with Gasteiger partial charge in [-0.05, 0) is 19.8 Å². The molecule has 1 aliphatic rings. The van der Waals surface area contributed by atoms with Crippen molar-refractivity contribution in [1.29, 1.82) is 5.26 Å². The summed E-state index contributed by atoms with van der Waals surface area (Å²) in [6.45, 7) is 2.78. The summed E-state index contributed by atoms with van der Waals surface area (Å²) < 4.78 is 4.65. The van der Waals surface area contributed by atoms with Gasteiger partial charge in [-0.15, -0.1) is 0 Å². The van der Waals surface area contributed by atoms with Gasteiger partial charge in [-0.3, -0.25) is 9.69 Å². The van der Waals surface area contributed by atoms with Crippen molar-refractivity contribution in [3.05, 3.63) is 0 Å². The number of nitrogens with zero attached hydrogens (tertiary/aromatic N) is 2. The fourth-order valence-corrected chi connectivity index (χ4v) is 1.79. The molecule has 4 nitrogen and oxygen atoms in total. The number of esters is 1. The van der Waals surface area contributed by atoms with Crippen molar-refractivity contribution in [3.8, 4) is 6.07 Å². The van der Waals surface area contributed by atoms with Gasteiger partial charge in [0, 0.05) is 25.0 Å². The second kappa shape index (κ2) is 5.72.